The fourth-order valence-electron chi connectivity index (χ4n) is 2.32. The first-order chi connectivity index (χ1) is 12.6. The van der Waals surface area contributed by atoms with Crippen LogP contribution in [0.25, 0.3) is 0 Å². The molecule has 28 heavy (non-hydrogen) atoms. The van der Waals surface area contributed by atoms with Gasteiger partial charge in [-0.25, -0.2) is 16.8 Å². The summed E-state index contributed by atoms with van der Waals surface area (Å²) in [6.07, 6.45) is 0. The Hall–Kier alpha value is -0.686. The quantitative estimate of drug-likeness (QED) is 0.464. The van der Waals surface area contributed by atoms with Crippen molar-refractivity contribution in [2.24, 2.45) is 0 Å². The van der Waals surface area contributed by atoms with E-state index < -0.39 is 36.2 Å². The average Bonchev–Trinajstić information content (AvgIpc) is 2.55. The molecule has 10 heteroatoms. The fraction of sp³-hybridized carbons (Fsp3) is 0.667. The second-order valence-corrected chi connectivity index (χ2v) is 25.0. The van der Waals surface area contributed by atoms with Crippen molar-refractivity contribution in [1.29, 1.82) is 0 Å². The van der Waals surface area contributed by atoms with E-state index in [9.17, 15) is 16.8 Å². The van der Waals surface area contributed by atoms with Crippen LogP contribution in [0.4, 0.5) is 0 Å². The van der Waals surface area contributed by atoms with Crippen LogP contribution in [-0.4, -0.2) is 55.3 Å². The van der Waals surface area contributed by atoms with Gasteiger partial charge in [-0.15, -0.1) is 0 Å². The van der Waals surface area contributed by atoms with E-state index in [0.29, 0.717) is 23.4 Å². The molecular weight excluding hydrogens is 431 g/mol. The van der Waals surface area contributed by atoms with Crippen molar-refractivity contribution in [1.82, 2.24) is 3.71 Å². The molecule has 0 aromatic heterocycles. The van der Waals surface area contributed by atoms with E-state index in [-0.39, 0.29) is 18.1 Å². The van der Waals surface area contributed by atoms with Gasteiger partial charge in [0.2, 0.25) is 20.0 Å². The molecule has 0 aliphatic heterocycles. The second kappa shape index (κ2) is 9.42. The minimum absolute atomic E-state index is 0.134. The Bertz CT molecular complexity index is 791. The van der Waals surface area contributed by atoms with Gasteiger partial charge in [-0.2, -0.15) is 0 Å². The number of benzene rings is 1. The molecule has 0 radical (unpaired) electrons. The van der Waals surface area contributed by atoms with Crippen molar-refractivity contribution in [3.8, 4) is 5.75 Å². The van der Waals surface area contributed by atoms with Crippen molar-refractivity contribution in [2.75, 3.05) is 18.6 Å². The van der Waals surface area contributed by atoms with Crippen molar-refractivity contribution >= 4 is 36.2 Å². The molecule has 0 spiro atoms. The Balaban J connectivity index is 3.21. The largest absolute Gasteiger partial charge is 0.497 e. The second-order valence-electron chi connectivity index (χ2n) is 9.53. The SMILES string of the molecule is COc1ccc(CN(S(=O)(=O)CC[Si](C)(C)C)S(=O)(=O)CC[Si](C)(C)C)cc1. The molecular formula is C18H35NO5S2Si2. The first kappa shape index (κ1) is 25.4. The summed E-state index contributed by atoms with van der Waals surface area (Å²) in [5.41, 5.74) is 0.619. The molecule has 1 rings (SSSR count). The van der Waals surface area contributed by atoms with Crippen molar-refractivity contribution in [3.63, 3.8) is 0 Å². The predicted octanol–water partition coefficient (Wildman–Crippen LogP) is 3.83. The summed E-state index contributed by atoms with van der Waals surface area (Å²) < 4.78 is 58.0. The van der Waals surface area contributed by atoms with Crippen LogP contribution < -0.4 is 4.74 Å². The maximum absolute atomic E-state index is 13.0. The van der Waals surface area contributed by atoms with Crippen molar-refractivity contribution < 1.29 is 21.6 Å². The van der Waals surface area contributed by atoms with Gasteiger partial charge in [0.15, 0.2) is 0 Å². The highest BCUT2D eigenvalue weighted by Gasteiger charge is 2.35. The molecule has 1 aromatic rings. The topological polar surface area (TPSA) is 80.8 Å². The van der Waals surface area contributed by atoms with Crippen molar-refractivity contribution in [2.45, 2.75) is 57.9 Å². The van der Waals surface area contributed by atoms with Gasteiger partial charge in [-0.3, -0.25) is 0 Å². The summed E-state index contributed by atoms with van der Waals surface area (Å²) in [5.74, 6) is 0.370. The molecule has 0 saturated carbocycles. The Labute approximate surface area is 173 Å². The summed E-state index contributed by atoms with van der Waals surface area (Å²) in [6, 6.07) is 7.87. The number of ether oxygens (including phenoxy) is 1. The van der Waals surface area contributed by atoms with Crippen LogP contribution in [-0.2, 0) is 26.6 Å². The Morgan fingerprint density at radius 3 is 1.50 bits per heavy atom. The minimum atomic E-state index is -3.93. The lowest BCUT2D eigenvalue weighted by Crippen LogP contribution is -2.41. The summed E-state index contributed by atoms with van der Waals surface area (Å²) in [6.45, 7) is 12.3. The van der Waals surface area contributed by atoms with E-state index in [0.717, 1.165) is 3.71 Å². The fourth-order valence-corrected chi connectivity index (χ4v) is 12.2. The summed E-state index contributed by atoms with van der Waals surface area (Å²) in [7, 11) is -9.59. The van der Waals surface area contributed by atoms with Crippen LogP contribution in [0.5, 0.6) is 5.75 Å². The Morgan fingerprint density at radius 2 is 1.18 bits per heavy atom. The third-order valence-corrected chi connectivity index (χ3v) is 12.8. The van der Waals surface area contributed by atoms with Crippen LogP contribution in [0.2, 0.25) is 51.4 Å². The maximum atomic E-state index is 13.0. The smallest absolute Gasteiger partial charge is 0.227 e. The lowest BCUT2D eigenvalue weighted by Gasteiger charge is -2.25. The molecule has 0 heterocycles. The van der Waals surface area contributed by atoms with Gasteiger partial charge in [0, 0.05) is 16.1 Å². The first-order valence-corrected chi connectivity index (χ1v) is 20.1. The zero-order valence-electron chi connectivity index (χ0n) is 18.1. The molecule has 0 unspecified atom stereocenters. The molecule has 0 atom stereocenters. The van der Waals surface area contributed by atoms with Gasteiger partial charge in [0.25, 0.3) is 0 Å². The number of hydrogen-bond donors (Lipinski definition) is 0. The third kappa shape index (κ3) is 8.77. The van der Waals surface area contributed by atoms with E-state index in [1.807, 2.05) is 0 Å². The van der Waals surface area contributed by atoms with Gasteiger partial charge in [-0.1, -0.05) is 55.1 Å². The highest BCUT2D eigenvalue weighted by atomic mass is 32.3. The first-order valence-electron chi connectivity index (χ1n) is 9.42. The van der Waals surface area contributed by atoms with E-state index in [2.05, 4.69) is 39.3 Å². The van der Waals surface area contributed by atoms with E-state index in [1.54, 1.807) is 31.4 Å². The number of hydrogen-bond acceptors (Lipinski definition) is 5. The van der Waals surface area contributed by atoms with Gasteiger partial charge in [0.1, 0.15) is 5.75 Å². The molecule has 0 N–H and O–H groups in total. The zero-order valence-corrected chi connectivity index (χ0v) is 21.8. The van der Waals surface area contributed by atoms with Crippen LogP contribution in [0.15, 0.2) is 24.3 Å². The van der Waals surface area contributed by atoms with Gasteiger partial charge < -0.3 is 4.74 Å². The van der Waals surface area contributed by atoms with Gasteiger partial charge in [-0.05, 0) is 29.8 Å². The van der Waals surface area contributed by atoms with Crippen LogP contribution in [0, 0.1) is 0 Å². The lowest BCUT2D eigenvalue weighted by atomic mass is 10.2. The number of nitrogens with zero attached hydrogens (tertiary/aromatic N) is 1. The number of methoxy groups -OCH3 is 1. The van der Waals surface area contributed by atoms with Crippen LogP contribution >= 0.6 is 0 Å². The minimum Gasteiger partial charge on any atom is -0.497 e. The Morgan fingerprint density at radius 1 is 0.786 bits per heavy atom. The molecule has 162 valence electrons. The zero-order chi connectivity index (χ0) is 21.8. The molecule has 0 aliphatic rings. The molecule has 0 fully saturated rings. The maximum Gasteiger partial charge on any atom is 0.227 e. The molecule has 0 saturated heterocycles. The summed E-state index contributed by atoms with van der Waals surface area (Å²) in [5, 5.41) is 0. The highest BCUT2D eigenvalue weighted by Crippen LogP contribution is 2.22. The normalized spacial score (nSPS) is 13.7. The molecule has 6 nitrogen and oxygen atoms in total. The third-order valence-electron chi connectivity index (χ3n) is 4.31. The summed E-state index contributed by atoms with van der Waals surface area (Å²) in [4.78, 5) is 0. The number of sulfonamides is 2. The standard InChI is InChI=1S/C18H35NO5S2Si2/c1-24-18-10-8-17(9-11-18)16-19(25(20,21)12-14-27(2,3)4)26(22,23)13-15-28(5,6)7/h8-11H,12-16H2,1-7H3. The van der Waals surface area contributed by atoms with Crippen LogP contribution in [0.1, 0.15) is 5.56 Å². The van der Waals surface area contributed by atoms with Crippen LogP contribution in [0.3, 0.4) is 0 Å². The predicted molar refractivity (Wildman–Crippen MR) is 122 cm³/mol. The van der Waals surface area contributed by atoms with E-state index in [1.165, 1.54) is 0 Å². The highest BCUT2D eigenvalue weighted by molar-refractivity contribution is 8.04. The lowest BCUT2D eigenvalue weighted by molar-refractivity contribution is 0.414. The van der Waals surface area contributed by atoms with Gasteiger partial charge in [0.05, 0.1) is 25.2 Å². The van der Waals surface area contributed by atoms with E-state index in [4.69, 9.17) is 4.74 Å². The molecule has 0 aliphatic carbocycles. The average molecular weight is 466 g/mol. The van der Waals surface area contributed by atoms with E-state index >= 15 is 0 Å². The molecule has 0 amide bonds. The Kier molecular flexibility index (Phi) is 8.53. The number of rotatable bonds is 11. The van der Waals surface area contributed by atoms with Gasteiger partial charge >= 0.3 is 0 Å². The molecule has 1 aromatic carbocycles. The molecule has 0 bridgehead atoms. The monoisotopic (exact) mass is 465 g/mol. The van der Waals surface area contributed by atoms with Crippen molar-refractivity contribution in [3.05, 3.63) is 29.8 Å². The summed E-state index contributed by atoms with van der Waals surface area (Å²) >= 11 is 0.